The van der Waals surface area contributed by atoms with E-state index in [4.69, 9.17) is 5.73 Å². The number of ether oxygens (including phenoxy) is 1. The molecule has 1 aromatic carbocycles. The number of nitrogens with zero attached hydrogens (tertiary/aromatic N) is 1. The molecule has 2 aromatic rings. The Labute approximate surface area is 147 Å². The van der Waals surface area contributed by atoms with Crippen LogP contribution in [0.5, 0.6) is 5.88 Å². The number of alkyl halides is 4. The molecular weight excluding hydrogens is 354 g/mol. The van der Waals surface area contributed by atoms with E-state index in [0.29, 0.717) is 5.56 Å². The van der Waals surface area contributed by atoms with Crippen LogP contribution in [0.25, 0.3) is 0 Å². The summed E-state index contributed by atoms with van der Waals surface area (Å²) in [7, 11) is 0. The van der Waals surface area contributed by atoms with Gasteiger partial charge in [-0.3, -0.25) is 4.79 Å². The third-order valence-corrected chi connectivity index (χ3v) is 3.45. The zero-order valence-electron chi connectivity index (χ0n) is 13.8. The SMILES string of the molecule is Cc1ccc(C(N)C(=O)Nc2ccc(OCC(F)(F)C(F)F)nc2)cc1. The van der Waals surface area contributed by atoms with Crippen molar-refractivity contribution >= 4 is 11.6 Å². The van der Waals surface area contributed by atoms with E-state index >= 15 is 0 Å². The van der Waals surface area contributed by atoms with Crippen molar-refractivity contribution in [2.75, 3.05) is 11.9 Å². The number of benzene rings is 1. The van der Waals surface area contributed by atoms with E-state index in [1.165, 1.54) is 12.1 Å². The number of hydrogen-bond acceptors (Lipinski definition) is 4. The Bertz CT molecular complexity index is 737. The molecule has 1 atom stereocenters. The normalized spacial score (nSPS) is 12.7. The highest BCUT2D eigenvalue weighted by atomic mass is 19.3. The fourth-order valence-electron chi connectivity index (χ4n) is 1.92. The minimum absolute atomic E-state index is 0.255. The molecule has 26 heavy (non-hydrogen) atoms. The molecule has 0 fully saturated rings. The van der Waals surface area contributed by atoms with Gasteiger partial charge in [0, 0.05) is 6.07 Å². The number of pyridine rings is 1. The summed E-state index contributed by atoms with van der Waals surface area (Å²) in [5.74, 6) is -5.03. The van der Waals surface area contributed by atoms with Gasteiger partial charge in [0.05, 0.1) is 11.9 Å². The molecule has 3 N–H and O–H groups in total. The van der Waals surface area contributed by atoms with Gasteiger partial charge < -0.3 is 15.8 Å². The minimum Gasteiger partial charge on any atom is -0.471 e. The predicted octanol–water partition coefficient (Wildman–Crippen LogP) is 3.31. The third kappa shape index (κ3) is 5.16. The Kier molecular flexibility index (Phi) is 6.14. The summed E-state index contributed by atoms with van der Waals surface area (Å²) in [6, 6.07) is 8.72. The number of rotatable bonds is 7. The predicted molar refractivity (Wildman–Crippen MR) is 87.4 cm³/mol. The second-order valence-corrected chi connectivity index (χ2v) is 5.61. The van der Waals surface area contributed by atoms with Crippen LogP contribution in [0.15, 0.2) is 42.6 Å². The average Bonchev–Trinajstić information content (AvgIpc) is 2.61. The van der Waals surface area contributed by atoms with E-state index in [2.05, 4.69) is 15.0 Å². The van der Waals surface area contributed by atoms with Gasteiger partial charge >= 0.3 is 12.3 Å². The smallest absolute Gasteiger partial charge is 0.340 e. The molecule has 0 bridgehead atoms. The highest BCUT2D eigenvalue weighted by Crippen LogP contribution is 2.24. The first-order chi connectivity index (χ1) is 12.2. The fraction of sp³-hybridized carbons (Fsp3) is 0.294. The molecule has 0 aliphatic rings. The highest BCUT2D eigenvalue weighted by molar-refractivity contribution is 5.95. The van der Waals surface area contributed by atoms with Crippen molar-refractivity contribution in [3.05, 3.63) is 53.7 Å². The zero-order chi connectivity index (χ0) is 19.3. The molecule has 140 valence electrons. The molecule has 0 aliphatic heterocycles. The molecule has 1 heterocycles. The van der Waals surface area contributed by atoms with Crippen molar-refractivity contribution in [2.24, 2.45) is 5.73 Å². The molecule has 0 spiro atoms. The van der Waals surface area contributed by atoms with Crippen LogP contribution >= 0.6 is 0 Å². The van der Waals surface area contributed by atoms with E-state index < -0.39 is 30.9 Å². The first kappa shape index (κ1) is 19.6. The third-order valence-electron chi connectivity index (χ3n) is 3.45. The first-order valence-corrected chi connectivity index (χ1v) is 7.57. The molecule has 9 heteroatoms. The van der Waals surface area contributed by atoms with Gasteiger partial charge in [0.25, 0.3) is 0 Å². The lowest BCUT2D eigenvalue weighted by atomic mass is 10.1. The number of nitrogens with two attached hydrogens (primary N) is 1. The molecule has 1 unspecified atom stereocenters. The lowest BCUT2D eigenvalue weighted by molar-refractivity contribution is -0.148. The van der Waals surface area contributed by atoms with Gasteiger partial charge in [-0.2, -0.15) is 8.78 Å². The molecule has 2 rings (SSSR count). The highest BCUT2D eigenvalue weighted by Gasteiger charge is 2.41. The maximum atomic E-state index is 12.8. The Morgan fingerprint density at radius 3 is 2.42 bits per heavy atom. The maximum Gasteiger partial charge on any atom is 0.340 e. The van der Waals surface area contributed by atoms with Gasteiger partial charge in [0.15, 0.2) is 6.61 Å². The van der Waals surface area contributed by atoms with Crippen LogP contribution in [-0.4, -0.2) is 29.8 Å². The van der Waals surface area contributed by atoms with Crippen LogP contribution in [0.4, 0.5) is 23.2 Å². The van der Waals surface area contributed by atoms with Crippen LogP contribution in [0.2, 0.25) is 0 Å². The van der Waals surface area contributed by atoms with E-state index in [9.17, 15) is 22.4 Å². The summed E-state index contributed by atoms with van der Waals surface area (Å²) in [5, 5.41) is 2.52. The molecule has 1 aromatic heterocycles. The topological polar surface area (TPSA) is 77.2 Å². The summed E-state index contributed by atoms with van der Waals surface area (Å²) < 4.78 is 54.2. The number of hydrogen-bond donors (Lipinski definition) is 2. The second kappa shape index (κ2) is 8.13. The van der Waals surface area contributed by atoms with E-state index in [1.807, 2.05) is 19.1 Å². The van der Waals surface area contributed by atoms with Crippen LogP contribution in [0.3, 0.4) is 0 Å². The number of halogens is 4. The molecule has 1 amide bonds. The average molecular weight is 371 g/mol. The quantitative estimate of drug-likeness (QED) is 0.732. The van der Waals surface area contributed by atoms with Crippen molar-refractivity contribution in [2.45, 2.75) is 25.3 Å². The lowest BCUT2D eigenvalue weighted by Gasteiger charge is -2.16. The Morgan fingerprint density at radius 1 is 1.23 bits per heavy atom. The number of anilines is 1. The molecule has 0 aliphatic carbocycles. The number of amides is 1. The largest absolute Gasteiger partial charge is 0.471 e. The Balaban J connectivity index is 1.94. The number of aromatic nitrogens is 1. The molecule has 0 radical (unpaired) electrons. The van der Waals surface area contributed by atoms with Crippen molar-refractivity contribution in [3.63, 3.8) is 0 Å². The number of nitrogens with one attached hydrogen (secondary N) is 1. The Hall–Kier alpha value is -2.68. The van der Waals surface area contributed by atoms with Crippen LogP contribution < -0.4 is 15.8 Å². The number of aryl methyl sites for hydroxylation is 1. The summed E-state index contributed by atoms with van der Waals surface area (Å²) in [4.78, 5) is 15.8. The zero-order valence-corrected chi connectivity index (χ0v) is 13.8. The fourth-order valence-corrected chi connectivity index (χ4v) is 1.92. The monoisotopic (exact) mass is 371 g/mol. The molecule has 5 nitrogen and oxygen atoms in total. The van der Waals surface area contributed by atoms with Crippen molar-refractivity contribution < 1.29 is 27.1 Å². The number of carbonyl (C=O) groups is 1. The van der Waals surface area contributed by atoms with E-state index in [0.717, 1.165) is 11.8 Å². The maximum absolute atomic E-state index is 12.8. The van der Waals surface area contributed by atoms with Gasteiger partial charge in [-0.15, -0.1) is 0 Å². The Morgan fingerprint density at radius 2 is 1.88 bits per heavy atom. The number of carbonyl (C=O) groups excluding carboxylic acids is 1. The summed E-state index contributed by atoms with van der Waals surface area (Å²) in [6.45, 7) is 0.406. The van der Waals surface area contributed by atoms with Gasteiger partial charge in [-0.05, 0) is 18.6 Å². The van der Waals surface area contributed by atoms with Crippen LogP contribution in [0, 0.1) is 6.92 Å². The van der Waals surface area contributed by atoms with Crippen molar-refractivity contribution in [3.8, 4) is 5.88 Å². The van der Waals surface area contributed by atoms with Crippen molar-refractivity contribution in [1.82, 2.24) is 4.98 Å². The minimum atomic E-state index is -4.27. The standard InChI is InChI=1S/C17H17F4N3O2/c1-10-2-4-11(5-3-10)14(22)15(25)24-12-6-7-13(23-8-12)26-9-17(20,21)16(18)19/h2-8,14,16H,9,22H2,1H3,(H,24,25). The van der Waals surface area contributed by atoms with Crippen molar-refractivity contribution in [1.29, 1.82) is 0 Å². The van der Waals surface area contributed by atoms with E-state index in [-0.39, 0.29) is 11.6 Å². The summed E-state index contributed by atoms with van der Waals surface area (Å²) >= 11 is 0. The first-order valence-electron chi connectivity index (χ1n) is 7.57. The van der Waals surface area contributed by atoms with Crippen LogP contribution in [0.1, 0.15) is 17.2 Å². The van der Waals surface area contributed by atoms with Gasteiger partial charge in [0.2, 0.25) is 11.8 Å². The van der Waals surface area contributed by atoms with E-state index in [1.54, 1.807) is 12.1 Å². The van der Waals surface area contributed by atoms with Gasteiger partial charge in [-0.25, -0.2) is 13.8 Å². The summed E-state index contributed by atoms with van der Waals surface area (Å²) in [6.07, 6.45) is -2.68. The molecular formula is C17H17F4N3O2. The molecule has 0 saturated carbocycles. The van der Waals surface area contributed by atoms with Crippen LogP contribution in [-0.2, 0) is 4.79 Å². The lowest BCUT2D eigenvalue weighted by Crippen LogP contribution is -2.33. The second-order valence-electron chi connectivity index (χ2n) is 5.61. The van der Waals surface area contributed by atoms with Gasteiger partial charge in [0.1, 0.15) is 6.04 Å². The molecule has 0 saturated heterocycles. The summed E-state index contributed by atoms with van der Waals surface area (Å²) in [5.41, 5.74) is 7.78. The van der Waals surface area contributed by atoms with Gasteiger partial charge in [-0.1, -0.05) is 29.8 Å².